The number of hydrogen-bond donors (Lipinski definition) is 0. The molecule has 0 fully saturated rings. The van der Waals surface area contributed by atoms with Crippen molar-refractivity contribution in [3.63, 3.8) is 0 Å². The van der Waals surface area contributed by atoms with Crippen LogP contribution in [0, 0.1) is 0 Å². The van der Waals surface area contributed by atoms with Gasteiger partial charge < -0.3 is 9.32 Å². The first kappa shape index (κ1) is 32.0. The van der Waals surface area contributed by atoms with E-state index in [2.05, 4.69) is 205 Å². The molecule has 0 unspecified atom stereocenters. The molecule has 56 heavy (non-hydrogen) atoms. The Balaban J connectivity index is 1.11. The highest BCUT2D eigenvalue weighted by molar-refractivity contribution is 6.21. The largest absolute Gasteiger partial charge is 0.455 e. The van der Waals surface area contributed by atoms with E-state index < -0.39 is 0 Å². The Kier molecular flexibility index (Phi) is 7.53. The molecule has 0 atom stereocenters. The van der Waals surface area contributed by atoms with E-state index in [-0.39, 0.29) is 0 Å². The van der Waals surface area contributed by atoms with Crippen molar-refractivity contribution >= 4 is 71.3 Å². The van der Waals surface area contributed by atoms with Crippen LogP contribution in [0.2, 0.25) is 0 Å². The summed E-state index contributed by atoms with van der Waals surface area (Å²) in [5.41, 5.74) is 12.1. The molecular formula is C54H35NO. The second-order valence-electron chi connectivity index (χ2n) is 14.5. The van der Waals surface area contributed by atoms with Crippen LogP contribution < -0.4 is 4.90 Å². The zero-order chi connectivity index (χ0) is 37.0. The van der Waals surface area contributed by atoms with Crippen LogP contribution in [0.5, 0.6) is 0 Å². The highest BCUT2D eigenvalue weighted by Crippen LogP contribution is 2.46. The monoisotopic (exact) mass is 713 g/mol. The molecule has 0 aliphatic rings. The van der Waals surface area contributed by atoms with Crippen LogP contribution in [0.25, 0.3) is 87.6 Å². The Labute approximate surface area is 325 Å². The number of para-hydroxylation sites is 2. The van der Waals surface area contributed by atoms with Gasteiger partial charge in [-0.2, -0.15) is 0 Å². The maximum Gasteiger partial charge on any atom is 0.143 e. The minimum Gasteiger partial charge on any atom is -0.455 e. The quantitative estimate of drug-likeness (QED) is 0.160. The zero-order valence-electron chi connectivity index (χ0n) is 30.6. The first-order valence-corrected chi connectivity index (χ1v) is 19.2. The maximum atomic E-state index is 6.44. The van der Waals surface area contributed by atoms with Crippen LogP contribution in [0.1, 0.15) is 0 Å². The average molecular weight is 714 g/mol. The summed E-state index contributed by atoms with van der Waals surface area (Å²) in [6.07, 6.45) is 0. The third-order valence-electron chi connectivity index (χ3n) is 11.2. The Hall–Kier alpha value is -7.42. The minimum atomic E-state index is 0.906. The molecule has 0 saturated carbocycles. The van der Waals surface area contributed by atoms with Crippen LogP contribution in [-0.4, -0.2) is 0 Å². The number of fused-ring (bicyclic) bond motifs is 7. The van der Waals surface area contributed by atoms with Gasteiger partial charge in [-0.25, -0.2) is 0 Å². The number of nitrogens with zero attached hydrogens (tertiary/aromatic N) is 1. The third-order valence-corrected chi connectivity index (χ3v) is 11.2. The Morgan fingerprint density at radius 1 is 0.304 bits per heavy atom. The van der Waals surface area contributed by atoms with Crippen LogP contribution in [-0.2, 0) is 0 Å². The van der Waals surface area contributed by atoms with Crippen molar-refractivity contribution in [1.29, 1.82) is 0 Å². The molecule has 2 nitrogen and oxygen atoms in total. The van der Waals surface area contributed by atoms with E-state index in [0.29, 0.717) is 0 Å². The first-order valence-electron chi connectivity index (χ1n) is 19.2. The summed E-state index contributed by atoms with van der Waals surface area (Å²) < 4.78 is 6.44. The minimum absolute atomic E-state index is 0.906. The number of hydrogen-bond acceptors (Lipinski definition) is 2. The second kappa shape index (κ2) is 13.2. The van der Waals surface area contributed by atoms with E-state index in [9.17, 15) is 0 Å². The lowest BCUT2D eigenvalue weighted by Gasteiger charge is -2.27. The lowest BCUT2D eigenvalue weighted by molar-refractivity contribution is 0.670. The van der Waals surface area contributed by atoms with Crippen molar-refractivity contribution in [3.8, 4) is 33.4 Å². The summed E-state index contributed by atoms with van der Waals surface area (Å²) in [7, 11) is 0. The summed E-state index contributed by atoms with van der Waals surface area (Å²) >= 11 is 0. The van der Waals surface area contributed by atoms with Gasteiger partial charge in [0.15, 0.2) is 0 Å². The van der Waals surface area contributed by atoms with Gasteiger partial charge in [-0.05, 0) is 103 Å². The van der Waals surface area contributed by atoms with E-state index in [4.69, 9.17) is 4.42 Å². The SMILES string of the molecule is c1ccc(-c2c(-c3cccc(N(c4ccc(-c5cccc6c5oc5ccccc56)cc4)c4ccc5ccccc5c4)c3)c3ccccc3c3ccccc23)cc1. The van der Waals surface area contributed by atoms with E-state index in [1.807, 2.05) is 12.1 Å². The number of furan rings is 1. The van der Waals surface area contributed by atoms with E-state index in [1.54, 1.807) is 0 Å². The van der Waals surface area contributed by atoms with Crippen molar-refractivity contribution in [2.45, 2.75) is 0 Å². The molecule has 0 saturated heterocycles. The number of benzene rings is 10. The molecule has 2 heteroatoms. The van der Waals surface area contributed by atoms with Gasteiger partial charge in [0.1, 0.15) is 11.2 Å². The molecular weight excluding hydrogens is 679 g/mol. The van der Waals surface area contributed by atoms with Gasteiger partial charge in [0, 0.05) is 33.4 Å². The molecule has 0 amide bonds. The summed E-state index contributed by atoms with van der Waals surface area (Å²) in [4.78, 5) is 2.38. The summed E-state index contributed by atoms with van der Waals surface area (Å²) in [5.74, 6) is 0. The van der Waals surface area contributed by atoms with E-state index in [1.165, 1.54) is 54.6 Å². The molecule has 11 rings (SSSR count). The molecule has 11 aromatic rings. The second-order valence-corrected chi connectivity index (χ2v) is 14.5. The van der Waals surface area contributed by atoms with Gasteiger partial charge in [-0.1, -0.05) is 170 Å². The van der Waals surface area contributed by atoms with Crippen LogP contribution in [0.3, 0.4) is 0 Å². The maximum absolute atomic E-state index is 6.44. The molecule has 0 spiro atoms. The molecule has 0 N–H and O–H groups in total. The molecule has 0 radical (unpaired) electrons. The highest BCUT2D eigenvalue weighted by atomic mass is 16.3. The third kappa shape index (κ3) is 5.26. The predicted octanol–water partition coefficient (Wildman–Crippen LogP) is 15.5. The van der Waals surface area contributed by atoms with Gasteiger partial charge in [0.25, 0.3) is 0 Å². The summed E-state index contributed by atoms with van der Waals surface area (Å²) in [5, 5.41) is 9.69. The topological polar surface area (TPSA) is 16.4 Å². The lowest BCUT2D eigenvalue weighted by Crippen LogP contribution is -2.10. The van der Waals surface area contributed by atoms with Crippen molar-refractivity contribution < 1.29 is 4.42 Å². The fourth-order valence-electron chi connectivity index (χ4n) is 8.67. The van der Waals surface area contributed by atoms with Crippen molar-refractivity contribution in [2.75, 3.05) is 4.90 Å². The Bertz CT molecular complexity index is 3250. The molecule has 262 valence electrons. The standard InChI is InChI=1S/C54H35NO/c1-2-15-38(16-3-1)52-48-23-8-6-20-45(48)46-21-7-9-24-49(46)53(52)40-18-12-19-42(35-40)55(43-33-28-36-14-4-5-17-39(36)34-43)41-31-29-37(30-32-41)44-25-13-26-50-47-22-10-11-27-51(47)56-54(44)50/h1-35H. The van der Waals surface area contributed by atoms with Gasteiger partial charge in [0.2, 0.25) is 0 Å². The van der Waals surface area contributed by atoms with Crippen molar-refractivity contribution in [3.05, 3.63) is 212 Å². The van der Waals surface area contributed by atoms with Crippen LogP contribution in [0.4, 0.5) is 17.1 Å². The summed E-state index contributed by atoms with van der Waals surface area (Å²) in [6.45, 7) is 0. The number of rotatable bonds is 6. The highest BCUT2D eigenvalue weighted by Gasteiger charge is 2.20. The first-order chi connectivity index (χ1) is 27.8. The molecule has 0 aliphatic carbocycles. The fourth-order valence-corrected chi connectivity index (χ4v) is 8.67. The predicted molar refractivity (Wildman–Crippen MR) is 237 cm³/mol. The molecule has 1 heterocycles. The van der Waals surface area contributed by atoms with Crippen molar-refractivity contribution in [1.82, 2.24) is 0 Å². The molecule has 0 aliphatic heterocycles. The van der Waals surface area contributed by atoms with Crippen LogP contribution in [0.15, 0.2) is 217 Å². The summed E-state index contributed by atoms with van der Waals surface area (Å²) in [6, 6.07) is 76.5. The number of anilines is 3. The van der Waals surface area contributed by atoms with Crippen LogP contribution >= 0.6 is 0 Å². The molecule has 10 aromatic carbocycles. The van der Waals surface area contributed by atoms with Gasteiger partial charge in [-0.15, -0.1) is 0 Å². The van der Waals surface area contributed by atoms with Gasteiger partial charge in [-0.3, -0.25) is 0 Å². The normalized spacial score (nSPS) is 11.6. The fraction of sp³-hybridized carbons (Fsp3) is 0. The van der Waals surface area contributed by atoms with Crippen molar-refractivity contribution in [2.24, 2.45) is 0 Å². The van der Waals surface area contributed by atoms with E-state index in [0.717, 1.165) is 50.1 Å². The Morgan fingerprint density at radius 3 is 1.62 bits per heavy atom. The smallest absolute Gasteiger partial charge is 0.143 e. The van der Waals surface area contributed by atoms with Gasteiger partial charge >= 0.3 is 0 Å². The van der Waals surface area contributed by atoms with Gasteiger partial charge in [0.05, 0.1) is 0 Å². The molecule has 1 aromatic heterocycles. The molecule has 0 bridgehead atoms. The average Bonchev–Trinajstić information content (AvgIpc) is 3.66. The Morgan fingerprint density at radius 2 is 0.857 bits per heavy atom. The lowest BCUT2D eigenvalue weighted by atomic mass is 9.85. The van der Waals surface area contributed by atoms with E-state index >= 15 is 0 Å². The zero-order valence-corrected chi connectivity index (χ0v) is 30.6.